The van der Waals surface area contributed by atoms with E-state index in [1.54, 1.807) is 4.57 Å². The topological polar surface area (TPSA) is 71.8 Å². The molecule has 1 saturated carbocycles. The molecule has 0 N–H and O–H groups in total. The summed E-state index contributed by atoms with van der Waals surface area (Å²) < 4.78 is 24.9. The minimum Gasteiger partial charge on any atom is -0.475 e. The Hall–Kier alpha value is -2.22. The van der Waals surface area contributed by atoms with Gasteiger partial charge < -0.3 is 18.9 Å². The third-order valence-corrected chi connectivity index (χ3v) is 6.66. The number of benzene rings is 1. The summed E-state index contributed by atoms with van der Waals surface area (Å²) >= 11 is 0. The van der Waals surface area contributed by atoms with E-state index in [4.69, 9.17) is 18.9 Å². The number of hydrogen-bond acceptors (Lipinski definition) is 6. The van der Waals surface area contributed by atoms with Crippen LogP contribution in [0, 0.1) is 0 Å². The number of fused-ring (bicyclic) bond motifs is 3. The molecule has 0 bridgehead atoms. The molecule has 5 rings (SSSR count). The van der Waals surface area contributed by atoms with E-state index in [0.29, 0.717) is 51.6 Å². The largest absolute Gasteiger partial charge is 0.475 e. The molecule has 0 spiro atoms. The normalized spacial score (nSPS) is 21.4. The lowest BCUT2D eigenvalue weighted by Gasteiger charge is -2.24. The van der Waals surface area contributed by atoms with E-state index in [2.05, 4.69) is 23.2 Å². The van der Waals surface area contributed by atoms with Crippen molar-refractivity contribution in [1.82, 2.24) is 9.55 Å². The van der Waals surface area contributed by atoms with Crippen molar-refractivity contribution in [3.05, 3.63) is 45.9 Å². The first-order valence-electron chi connectivity index (χ1n) is 11.9. The van der Waals surface area contributed by atoms with Crippen LogP contribution in [-0.2, 0) is 33.8 Å². The molecule has 1 aromatic carbocycles. The van der Waals surface area contributed by atoms with E-state index < -0.39 is 0 Å². The third kappa shape index (κ3) is 5.05. The Kier molecular flexibility index (Phi) is 6.86. The van der Waals surface area contributed by atoms with Crippen LogP contribution in [0.4, 0.5) is 0 Å². The summed E-state index contributed by atoms with van der Waals surface area (Å²) in [6.07, 6.45) is 8.19. The second-order valence-corrected chi connectivity index (χ2v) is 8.93. The zero-order valence-electron chi connectivity index (χ0n) is 18.6. The number of aromatic nitrogens is 2. The maximum absolute atomic E-state index is 12.6. The first-order chi connectivity index (χ1) is 15.8. The zero-order valence-corrected chi connectivity index (χ0v) is 18.6. The summed E-state index contributed by atoms with van der Waals surface area (Å²) in [6, 6.07) is 8.33. The molecule has 3 aliphatic rings. The average molecular weight is 441 g/mol. The molecule has 172 valence electrons. The molecule has 32 heavy (non-hydrogen) atoms. The fourth-order valence-electron chi connectivity index (χ4n) is 4.85. The van der Waals surface area contributed by atoms with E-state index in [1.165, 1.54) is 43.2 Å². The van der Waals surface area contributed by atoms with Crippen molar-refractivity contribution in [1.29, 1.82) is 0 Å². The lowest BCUT2D eigenvalue weighted by Crippen LogP contribution is -2.29. The lowest BCUT2D eigenvalue weighted by molar-refractivity contribution is 0.0168. The maximum Gasteiger partial charge on any atom is 0.351 e. The third-order valence-electron chi connectivity index (χ3n) is 6.66. The zero-order chi connectivity index (χ0) is 21.8. The predicted octanol–water partition coefficient (Wildman–Crippen LogP) is 3.50. The van der Waals surface area contributed by atoms with Crippen molar-refractivity contribution >= 4 is 0 Å². The van der Waals surface area contributed by atoms with Crippen molar-refractivity contribution in [2.75, 3.05) is 26.4 Å². The summed E-state index contributed by atoms with van der Waals surface area (Å²) in [5.74, 6) is 0.354. The van der Waals surface area contributed by atoms with Gasteiger partial charge in [-0.25, -0.2) is 4.79 Å². The van der Waals surface area contributed by atoms with Gasteiger partial charge in [0.15, 0.2) is 0 Å². The second-order valence-electron chi connectivity index (χ2n) is 8.93. The van der Waals surface area contributed by atoms with Gasteiger partial charge in [-0.05, 0) is 30.4 Å². The summed E-state index contributed by atoms with van der Waals surface area (Å²) in [5.41, 5.74) is 4.11. The van der Waals surface area contributed by atoms with Crippen LogP contribution in [0.5, 0.6) is 5.88 Å². The lowest BCUT2D eigenvalue weighted by atomic mass is 9.95. The van der Waals surface area contributed by atoms with Crippen molar-refractivity contribution in [3.8, 4) is 17.1 Å². The number of nitrogens with zero attached hydrogens (tertiary/aromatic N) is 2. The smallest absolute Gasteiger partial charge is 0.351 e. The first-order valence-corrected chi connectivity index (χ1v) is 11.9. The first kappa shape index (κ1) is 21.6. The molecule has 0 amide bonds. The molecule has 2 fully saturated rings. The highest BCUT2D eigenvalue weighted by atomic mass is 16.6. The fourth-order valence-corrected chi connectivity index (χ4v) is 4.85. The van der Waals surface area contributed by atoms with Gasteiger partial charge in [-0.15, -0.1) is 0 Å². The van der Waals surface area contributed by atoms with Gasteiger partial charge in [0.1, 0.15) is 6.61 Å². The summed E-state index contributed by atoms with van der Waals surface area (Å²) in [5, 5.41) is 0. The molecule has 7 nitrogen and oxygen atoms in total. The number of hydrogen-bond donors (Lipinski definition) is 0. The number of rotatable bonds is 6. The van der Waals surface area contributed by atoms with Gasteiger partial charge in [0, 0.05) is 31.2 Å². The van der Waals surface area contributed by atoms with Crippen LogP contribution < -0.4 is 10.4 Å². The highest BCUT2D eigenvalue weighted by Gasteiger charge is 2.21. The van der Waals surface area contributed by atoms with Crippen LogP contribution in [0.15, 0.2) is 29.1 Å². The molecule has 1 aliphatic carbocycles. The predicted molar refractivity (Wildman–Crippen MR) is 120 cm³/mol. The van der Waals surface area contributed by atoms with Crippen molar-refractivity contribution in [2.24, 2.45) is 0 Å². The van der Waals surface area contributed by atoms with Gasteiger partial charge in [-0.3, -0.25) is 4.57 Å². The minimum atomic E-state index is -0.266. The average Bonchev–Trinajstić information content (AvgIpc) is 3.11. The summed E-state index contributed by atoms with van der Waals surface area (Å²) in [4.78, 5) is 16.8. The molecule has 1 aromatic heterocycles. The van der Waals surface area contributed by atoms with E-state index in [0.717, 1.165) is 24.1 Å². The highest BCUT2D eigenvalue weighted by Crippen LogP contribution is 2.31. The van der Waals surface area contributed by atoms with E-state index >= 15 is 0 Å². The minimum absolute atomic E-state index is 0.0444. The van der Waals surface area contributed by atoms with Gasteiger partial charge >= 0.3 is 5.69 Å². The standard InChI is InChI=1S/C25H32N2O5/c28-25-26-24(32-17-21-9-11-29-12-13-30-21)15-23-22-7-6-18(14-19(22)8-10-27(23)25)16-31-20-4-2-1-3-5-20/h6-7,14-15,20-21H,1-5,8-13,16-17H2/t21-/m1/s1. The molecule has 1 atom stereocenters. The SMILES string of the molecule is O=c1nc(OC[C@H]2CCOCCO2)cc2n1CCc1cc(COC3CCCCC3)ccc1-2. The Morgan fingerprint density at radius 2 is 1.97 bits per heavy atom. The monoisotopic (exact) mass is 440 g/mol. The Labute approximate surface area is 188 Å². The number of ether oxygens (including phenoxy) is 4. The maximum atomic E-state index is 12.6. The molecule has 0 radical (unpaired) electrons. The van der Waals surface area contributed by atoms with Crippen molar-refractivity contribution in [2.45, 2.75) is 70.3 Å². The Balaban J connectivity index is 1.30. The number of aryl methyl sites for hydroxylation is 1. The van der Waals surface area contributed by atoms with E-state index in [9.17, 15) is 4.79 Å². The van der Waals surface area contributed by atoms with Gasteiger partial charge in [-0.1, -0.05) is 37.5 Å². The van der Waals surface area contributed by atoms with Crippen LogP contribution in [0.2, 0.25) is 0 Å². The van der Waals surface area contributed by atoms with Gasteiger partial charge in [0.05, 0.1) is 37.7 Å². The van der Waals surface area contributed by atoms with Crippen LogP contribution in [0.1, 0.15) is 49.7 Å². The van der Waals surface area contributed by atoms with Crippen LogP contribution >= 0.6 is 0 Å². The van der Waals surface area contributed by atoms with Crippen molar-refractivity contribution < 1.29 is 18.9 Å². The molecule has 0 unspecified atom stereocenters. The second kappa shape index (κ2) is 10.1. The van der Waals surface area contributed by atoms with E-state index in [-0.39, 0.29) is 11.8 Å². The molecular weight excluding hydrogens is 408 g/mol. The Morgan fingerprint density at radius 1 is 1.06 bits per heavy atom. The van der Waals surface area contributed by atoms with Crippen LogP contribution in [0.25, 0.3) is 11.3 Å². The molecule has 1 saturated heterocycles. The van der Waals surface area contributed by atoms with E-state index in [1.807, 2.05) is 6.07 Å². The molecule has 3 heterocycles. The van der Waals surface area contributed by atoms with Crippen LogP contribution in [-0.4, -0.2) is 48.2 Å². The van der Waals surface area contributed by atoms with Crippen molar-refractivity contribution in [3.63, 3.8) is 0 Å². The Bertz CT molecular complexity index is 975. The highest BCUT2D eigenvalue weighted by molar-refractivity contribution is 5.67. The molecule has 7 heteroatoms. The molecule has 2 aromatic rings. The van der Waals surface area contributed by atoms with Gasteiger partial charge in [0.2, 0.25) is 5.88 Å². The molecule has 2 aliphatic heterocycles. The fraction of sp³-hybridized carbons (Fsp3) is 0.600. The molecular formula is C25H32N2O5. The van der Waals surface area contributed by atoms with Gasteiger partial charge in [-0.2, -0.15) is 4.98 Å². The quantitative estimate of drug-likeness (QED) is 0.685. The van der Waals surface area contributed by atoms with Crippen LogP contribution in [0.3, 0.4) is 0 Å². The Morgan fingerprint density at radius 3 is 2.88 bits per heavy atom. The summed E-state index contributed by atoms with van der Waals surface area (Å²) in [7, 11) is 0. The van der Waals surface area contributed by atoms with Gasteiger partial charge in [0.25, 0.3) is 0 Å². The summed E-state index contributed by atoms with van der Waals surface area (Å²) in [6.45, 7) is 3.48.